The van der Waals surface area contributed by atoms with Crippen molar-refractivity contribution in [3.63, 3.8) is 0 Å². The predicted octanol–water partition coefficient (Wildman–Crippen LogP) is 2.56. The summed E-state index contributed by atoms with van der Waals surface area (Å²) in [6.07, 6.45) is 0.830. The van der Waals surface area contributed by atoms with Crippen LogP contribution in [0.15, 0.2) is 54.6 Å². The molecule has 2 atom stereocenters. The van der Waals surface area contributed by atoms with Crippen LogP contribution in [0.2, 0.25) is 0 Å². The highest BCUT2D eigenvalue weighted by atomic mass is 16.2. The SMILES string of the molecule is Cc1cccc(C(=O)NNC(=O)C2CC2c2ccccc2)c1. The molecule has 0 radical (unpaired) electrons. The molecule has 2 aromatic carbocycles. The first kappa shape index (κ1) is 14.3. The van der Waals surface area contributed by atoms with Gasteiger partial charge in [0, 0.05) is 11.5 Å². The Hall–Kier alpha value is -2.62. The minimum absolute atomic E-state index is 0.0554. The fourth-order valence-electron chi connectivity index (χ4n) is 2.62. The second-order valence-corrected chi connectivity index (χ2v) is 5.67. The smallest absolute Gasteiger partial charge is 0.269 e. The molecule has 2 N–H and O–H groups in total. The summed E-state index contributed by atoms with van der Waals surface area (Å²) in [6.45, 7) is 1.92. The number of carbonyl (C=O) groups excluding carboxylic acids is 2. The fourth-order valence-corrected chi connectivity index (χ4v) is 2.62. The quantitative estimate of drug-likeness (QED) is 0.855. The van der Waals surface area contributed by atoms with Gasteiger partial charge in [0.25, 0.3) is 5.91 Å². The number of aryl methyl sites for hydroxylation is 1. The molecule has 112 valence electrons. The third-order valence-corrected chi connectivity index (χ3v) is 3.93. The van der Waals surface area contributed by atoms with Gasteiger partial charge in [-0.05, 0) is 37.0 Å². The van der Waals surface area contributed by atoms with Gasteiger partial charge in [0.05, 0.1) is 0 Å². The number of rotatable bonds is 3. The summed E-state index contributed by atoms with van der Waals surface area (Å²) in [4.78, 5) is 24.0. The van der Waals surface area contributed by atoms with Crippen molar-refractivity contribution in [2.24, 2.45) is 5.92 Å². The maximum absolute atomic E-state index is 12.1. The molecule has 1 saturated carbocycles. The van der Waals surface area contributed by atoms with Crippen LogP contribution in [-0.4, -0.2) is 11.8 Å². The minimum Gasteiger partial charge on any atom is -0.273 e. The first-order chi connectivity index (χ1) is 10.6. The van der Waals surface area contributed by atoms with E-state index in [1.807, 2.05) is 49.4 Å². The molecule has 22 heavy (non-hydrogen) atoms. The third kappa shape index (κ3) is 3.17. The first-order valence-corrected chi connectivity index (χ1v) is 7.37. The fraction of sp³-hybridized carbons (Fsp3) is 0.222. The van der Waals surface area contributed by atoms with Gasteiger partial charge in [-0.2, -0.15) is 0 Å². The molecule has 3 rings (SSSR count). The topological polar surface area (TPSA) is 58.2 Å². The van der Waals surface area contributed by atoms with Gasteiger partial charge in [-0.25, -0.2) is 0 Å². The molecular weight excluding hydrogens is 276 g/mol. The van der Waals surface area contributed by atoms with E-state index in [1.54, 1.807) is 12.1 Å². The number of amides is 2. The number of benzene rings is 2. The second-order valence-electron chi connectivity index (χ2n) is 5.67. The zero-order chi connectivity index (χ0) is 15.5. The standard InChI is InChI=1S/C18H18N2O2/c1-12-6-5-9-14(10-12)17(21)19-20-18(22)16-11-15(16)13-7-3-2-4-8-13/h2-10,15-16H,11H2,1H3,(H,19,21)(H,20,22). The molecule has 2 aromatic rings. The van der Waals surface area contributed by atoms with Crippen molar-refractivity contribution in [2.75, 3.05) is 0 Å². The van der Waals surface area contributed by atoms with Gasteiger partial charge in [0.15, 0.2) is 0 Å². The van der Waals surface area contributed by atoms with Crippen LogP contribution in [0, 0.1) is 12.8 Å². The predicted molar refractivity (Wildman–Crippen MR) is 84.1 cm³/mol. The van der Waals surface area contributed by atoms with Crippen molar-refractivity contribution < 1.29 is 9.59 Å². The number of hydrogen-bond acceptors (Lipinski definition) is 2. The lowest BCUT2D eigenvalue weighted by Gasteiger charge is -2.07. The molecule has 4 heteroatoms. The Morgan fingerprint density at radius 1 is 1.00 bits per heavy atom. The van der Waals surface area contributed by atoms with E-state index in [1.165, 1.54) is 5.56 Å². The molecule has 2 amide bonds. The molecule has 0 saturated heterocycles. The van der Waals surface area contributed by atoms with Crippen molar-refractivity contribution in [3.05, 3.63) is 71.3 Å². The largest absolute Gasteiger partial charge is 0.273 e. The first-order valence-electron chi connectivity index (χ1n) is 7.37. The lowest BCUT2D eigenvalue weighted by molar-refractivity contribution is -0.123. The molecule has 0 bridgehead atoms. The normalized spacial score (nSPS) is 19.3. The molecule has 0 heterocycles. The number of nitrogens with one attached hydrogen (secondary N) is 2. The summed E-state index contributed by atoms with van der Waals surface area (Å²) in [5.74, 6) is -0.221. The Morgan fingerprint density at radius 3 is 2.50 bits per heavy atom. The van der Waals surface area contributed by atoms with E-state index in [2.05, 4.69) is 10.9 Å². The Balaban J connectivity index is 1.52. The minimum atomic E-state index is -0.297. The van der Waals surface area contributed by atoms with Crippen LogP contribution in [0.5, 0.6) is 0 Å². The van der Waals surface area contributed by atoms with Crippen LogP contribution in [0.3, 0.4) is 0 Å². The van der Waals surface area contributed by atoms with Gasteiger partial charge in [0.2, 0.25) is 5.91 Å². The average Bonchev–Trinajstić information content (AvgIpc) is 3.34. The number of hydrazine groups is 1. The summed E-state index contributed by atoms with van der Waals surface area (Å²) in [7, 11) is 0. The van der Waals surface area contributed by atoms with Crippen molar-refractivity contribution in [1.29, 1.82) is 0 Å². The summed E-state index contributed by atoms with van der Waals surface area (Å²) in [6, 6.07) is 17.2. The Bertz CT molecular complexity index is 697. The lowest BCUT2D eigenvalue weighted by Crippen LogP contribution is -2.42. The summed E-state index contributed by atoms with van der Waals surface area (Å²) >= 11 is 0. The van der Waals surface area contributed by atoms with Crippen LogP contribution in [0.1, 0.15) is 33.8 Å². The zero-order valence-electron chi connectivity index (χ0n) is 12.4. The van der Waals surface area contributed by atoms with Gasteiger partial charge < -0.3 is 0 Å². The van der Waals surface area contributed by atoms with E-state index in [4.69, 9.17) is 0 Å². The summed E-state index contributed by atoms with van der Waals surface area (Å²) in [5.41, 5.74) is 7.72. The maximum Gasteiger partial charge on any atom is 0.269 e. The molecule has 1 aliphatic carbocycles. The number of carbonyl (C=O) groups is 2. The third-order valence-electron chi connectivity index (χ3n) is 3.93. The van der Waals surface area contributed by atoms with Crippen LogP contribution in [0.25, 0.3) is 0 Å². The van der Waals surface area contributed by atoms with Gasteiger partial charge in [0.1, 0.15) is 0 Å². The van der Waals surface area contributed by atoms with Crippen molar-refractivity contribution in [1.82, 2.24) is 10.9 Å². The maximum atomic E-state index is 12.1. The summed E-state index contributed by atoms with van der Waals surface area (Å²) in [5, 5.41) is 0. The second kappa shape index (κ2) is 6.02. The van der Waals surface area contributed by atoms with Crippen LogP contribution < -0.4 is 10.9 Å². The van der Waals surface area contributed by atoms with Crippen molar-refractivity contribution in [2.45, 2.75) is 19.3 Å². The van der Waals surface area contributed by atoms with Gasteiger partial charge in [-0.15, -0.1) is 0 Å². The van der Waals surface area contributed by atoms with Crippen molar-refractivity contribution in [3.8, 4) is 0 Å². The van der Waals surface area contributed by atoms with Crippen molar-refractivity contribution >= 4 is 11.8 Å². The van der Waals surface area contributed by atoms with Gasteiger partial charge in [-0.3, -0.25) is 20.4 Å². The van der Waals surface area contributed by atoms with E-state index in [0.29, 0.717) is 5.56 Å². The average molecular weight is 294 g/mol. The Kier molecular flexibility index (Phi) is 3.92. The number of hydrogen-bond donors (Lipinski definition) is 2. The molecule has 2 unspecified atom stereocenters. The zero-order valence-corrected chi connectivity index (χ0v) is 12.4. The van der Waals surface area contributed by atoms with E-state index in [9.17, 15) is 9.59 Å². The highest BCUT2D eigenvalue weighted by Crippen LogP contribution is 2.47. The van der Waals surface area contributed by atoms with Crippen LogP contribution >= 0.6 is 0 Å². The molecule has 0 aliphatic heterocycles. The molecule has 0 spiro atoms. The van der Waals surface area contributed by atoms with E-state index < -0.39 is 0 Å². The van der Waals surface area contributed by atoms with E-state index in [-0.39, 0.29) is 23.7 Å². The molecule has 0 aromatic heterocycles. The molecule has 4 nitrogen and oxygen atoms in total. The van der Waals surface area contributed by atoms with Crippen LogP contribution in [-0.2, 0) is 4.79 Å². The molecule has 1 aliphatic rings. The van der Waals surface area contributed by atoms with Crippen LogP contribution in [0.4, 0.5) is 0 Å². The Labute approximate surface area is 129 Å². The monoisotopic (exact) mass is 294 g/mol. The van der Waals surface area contributed by atoms with Gasteiger partial charge >= 0.3 is 0 Å². The molecule has 1 fully saturated rings. The molecular formula is C18H18N2O2. The Morgan fingerprint density at radius 2 is 1.77 bits per heavy atom. The van der Waals surface area contributed by atoms with E-state index in [0.717, 1.165) is 12.0 Å². The highest BCUT2D eigenvalue weighted by molar-refractivity contribution is 5.96. The lowest BCUT2D eigenvalue weighted by atomic mass is 10.1. The van der Waals surface area contributed by atoms with Gasteiger partial charge in [-0.1, -0.05) is 48.0 Å². The summed E-state index contributed by atoms with van der Waals surface area (Å²) < 4.78 is 0. The highest BCUT2D eigenvalue weighted by Gasteiger charge is 2.43. The van der Waals surface area contributed by atoms with E-state index >= 15 is 0 Å².